The Kier molecular flexibility index (Phi) is 4.88. The lowest BCUT2D eigenvalue weighted by Crippen LogP contribution is -1.90. The Morgan fingerprint density at radius 1 is 1.31 bits per heavy atom. The molecule has 86 valence electrons. The summed E-state index contributed by atoms with van der Waals surface area (Å²) in [7, 11) is 0. The summed E-state index contributed by atoms with van der Waals surface area (Å²) >= 11 is 4.47. The van der Waals surface area contributed by atoms with E-state index in [1.165, 1.54) is 16.7 Å². The Hall–Kier alpha value is -0.950. The van der Waals surface area contributed by atoms with Crippen molar-refractivity contribution in [3.05, 3.63) is 52.4 Å². The lowest BCUT2D eigenvalue weighted by Gasteiger charge is -2.10. The molecule has 0 saturated heterocycles. The number of allylic oxidation sites excluding steroid dienone is 3. The van der Waals surface area contributed by atoms with Gasteiger partial charge < -0.3 is 0 Å². The predicted octanol–water partition coefficient (Wildman–Crippen LogP) is 4.93. The SMILES string of the molecule is C=C(/C=C(/S)CCC)c1c(C)cccc1C. The van der Waals surface area contributed by atoms with Crippen molar-refractivity contribution < 1.29 is 0 Å². The normalized spacial score (nSPS) is 11.6. The first-order chi connectivity index (χ1) is 7.56. The van der Waals surface area contributed by atoms with E-state index in [0.717, 1.165) is 23.3 Å². The fourth-order valence-corrected chi connectivity index (χ4v) is 2.30. The minimum Gasteiger partial charge on any atom is -0.148 e. The van der Waals surface area contributed by atoms with Crippen molar-refractivity contribution in [2.24, 2.45) is 0 Å². The first kappa shape index (κ1) is 13.1. The van der Waals surface area contributed by atoms with Gasteiger partial charge in [0.1, 0.15) is 0 Å². The lowest BCUT2D eigenvalue weighted by molar-refractivity contribution is 0.949. The van der Waals surface area contributed by atoms with Gasteiger partial charge in [-0.1, -0.05) is 38.1 Å². The van der Waals surface area contributed by atoms with Crippen molar-refractivity contribution in [3.63, 3.8) is 0 Å². The predicted molar refractivity (Wildman–Crippen MR) is 76.9 cm³/mol. The van der Waals surface area contributed by atoms with Crippen LogP contribution >= 0.6 is 12.6 Å². The van der Waals surface area contributed by atoms with Crippen molar-refractivity contribution in [1.82, 2.24) is 0 Å². The molecule has 1 heteroatoms. The second-order valence-electron chi connectivity index (χ2n) is 4.18. The summed E-state index contributed by atoms with van der Waals surface area (Å²) in [4.78, 5) is 1.11. The molecule has 0 spiro atoms. The number of hydrogen-bond acceptors (Lipinski definition) is 1. The van der Waals surface area contributed by atoms with Gasteiger partial charge in [0.25, 0.3) is 0 Å². The molecular weight excluding hydrogens is 212 g/mol. The van der Waals surface area contributed by atoms with Crippen molar-refractivity contribution >= 4 is 18.2 Å². The van der Waals surface area contributed by atoms with Gasteiger partial charge in [-0.3, -0.25) is 0 Å². The van der Waals surface area contributed by atoms with Gasteiger partial charge in [-0.05, 0) is 53.5 Å². The maximum Gasteiger partial charge on any atom is -0.0131 e. The Bertz CT molecular complexity index is 393. The van der Waals surface area contributed by atoms with Crippen molar-refractivity contribution in [2.45, 2.75) is 33.6 Å². The highest BCUT2D eigenvalue weighted by molar-refractivity contribution is 7.84. The molecule has 1 rings (SSSR count). The molecule has 0 bridgehead atoms. The van der Waals surface area contributed by atoms with Crippen LogP contribution in [0.5, 0.6) is 0 Å². The maximum absolute atomic E-state index is 4.47. The highest BCUT2D eigenvalue weighted by Gasteiger charge is 2.04. The first-order valence-electron chi connectivity index (χ1n) is 5.71. The van der Waals surface area contributed by atoms with Gasteiger partial charge in [0.2, 0.25) is 0 Å². The molecule has 1 aromatic rings. The molecule has 0 unspecified atom stereocenters. The Morgan fingerprint density at radius 2 is 1.88 bits per heavy atom. The fourth-order valence-electron chi connectivity index (χ4n) is 1.92. The van der Waals surface area contributed by atoms with Gasteiger partial charge in [0.05, 0.1) is 0 Å². The summed E-state index contributed by atoms with van der Waals surface area (Å²) in [5, 5.41) is 0. The molecule has 0 aliphatic rings. The van der Waals surface area contributed by atoms with Crippen molar-refractivity contribution in [2.75, 3.05) is 0 Å². The van der Waals surface area contributed by atoms with Gasteiger partial charge in [-0.25, -0.2) is 0 Å². The third kappa shape index (κ3) is 3.28. The second-order valence-corrected chi connectivity index (χ2v) is 4.75. The van der Waals surface area contributed by atoms with Gasteiger partial charge in [-0.2, -0.15) is 0 Å². The summed E-state index contributed by atoms with van der Waals surface area (Å²) < 4.78 is 0. The molecule has 0 N–H and O–H groups in total. The first-order valence-corrected chi connectivity index (χ1v) is 6.16. The number of benzene rings is 1. The standard InChI is InChI=1S/C15H20S/c1-5-7-14(16)10-13(4)15-11(2)8-6-9-12(15)3/h6,8-10,16H,4-5,7H2,1-3H3/b14-10+. The summed E-state index contributed by atoms with van der Waals surface area (Å²) in [6.45, 7) is 10.6. The van der Waals surface area contributed by atoms with E-state index in [1.54, 1.807) is 0 Å². The molecule has 0 fully saturated rings. The van der Waals surface area contributed by atoms with E-state index in [9.17, 15) is 0 Å². The van der Waals surface area contributed by atoms with E-state index in [2.05, 4.69) is 64.3 Å². The highest BCUT2D eigenvalue weighted by Crippen LogP contribution is 2.25. The maximum atomic E-state index is 4.47. The van der Waals surface area contributed by atoms with Crippen LogP contribution in [0.3, 0.4) is 0 Å². The average Bonchev–Trinajstić information content (AvgIpc) is 2.17. The third-order valence-corrected chi connectivity index (χ3v) is 3.00. The number of thiol groups is 1. The van der Waals surface area contributed by atoms with Crippen LogP contribution in [0, 0.1) is 13.8 Å². The van der Waals surface area contributed by atoms with Crippen LogP contribution in [-0.2, 0) is 0 Å². The molecule has 0 aliphatic carbocycles. The minimum atomic E-state index is 1.02. The largest absolute Gasteiger partial charge is 0.148 e. The monoisotopic (exact) mass is 232 g/mol. The van der Waals surface area contributed by atoms with E-state index in [-0.39, 0.29) is 0 Å². The summed E-state index contributed by atoms with van der Waals surface area (Å²) in [6.07, 6.45) is 4.23. The Morgan fingerprint density at radius 3 is 2.38 bits per heavy atom. The van der Waals surface area contributed by atoms with E-state index in [0.29, 0.717) is 0 Å². The molecular formula is C15H20S. The van der Waals surface area contributed by atoms with E-state index in [4.69, 9.17) is 0 Å². The molecule has 0 heterocycles. The van der Waals surface area contributed by atoms with Crippen molar-refractivity contribution in [3.8, 4) is 0 Å². The molecule has 0 atom stereocenters. The Balaban J connectivity index is 3.01. The number of rotatable bonds is 4. The molecule has 0 amide bonds. The minimum absolute atomic E-state index is 1.02. The molecule has 0 aliphatic heterocycles. The van der Waals surface area contributed by atoms with Crippen LogP contribution in [0.1, 0.15) is 36.5 Å². The smallest absolute Gasteiger partial charge is 0.0131 e. The molecule has 0 aromatic heterocycles. The lowest BCUT2D eigenvalue weighted by atomic mass is 9.96. The van der Waals surface area contributed by atoms with Crippen LogP contribution in [0.15, 0.2) is 35.8 Å². The second kappa shape index (κ2) is 5.95. The molecule has 16 heavy (non-hydrogen) atoms. The van der Waals surface area contributed by atoms with Gasteiger partial charge in [-0.15, -0.1) is 12.6 Å². The Labute approximate surface area is 104 Å². The van der Waals surface area contributed by atoms with Gasteiger partial charge in [0.15, 0.2) is 0 Å². The van der Waals surface area contributed by atoms with Crippen LogP contribution in [-0.4, -0.2) is 0 Å². The van der Waals surface area contributed by atoms with Crippen LogP contribution < -0.4 is 0 Å². The van der Waals surface area contributed by atoms with Crippen molar-refractivity contribution in [1.29, 1.82) is 0 Å². The average molecular weight is 232 g/mol. The molecule has 0 radical (unpaired) electrons. The van der Waals surface area contributed by atoms with Crippen LogP contribution in [0.2, 0.25) is 0 Å². The van der Waals surface area contributed by atoms with Crippen LogP contribution in [0.4, 0.5) is 0 Å². The number of aryl methyl sites for hydroxylation is 2. The quantitative estimate of drug-likeness (QED) is 0.552. The zero-order valence-corrected chi connectivity index (χ0v) is 11.3. The molecule has 0 saturated carbocycles. The van der Waals surface area contributed by atoms with E-state index < -0.39 is 0 Å². The summed E-state index contributed by atoms with van der Waals surface area (Å²) in [5.74, 6) is 0. The molecule has 0 nitrogen and oxygen atoms in total. The van der Waals surface area contributed by atoms with Gasteiger partial charge in [0, 0.05) is 0 Å². The van der Waals surface area contributed by atoms with E-state index in [1.807, 2.05) is 0 Å². The van der Waals surface area contributed by atoms with Gasteiger partial charge >= 0.3 is 0 Å². The van der Waals surface area contributed by atoms with E-state index >= 15 is 0 Å². The van der Waals surface area contributed by atoms with Crippen LogP contribution in [0.25, 0.3) is 5.57 Å². The summed E-state index contributed by atoms with van der Waals surface area (Å²) in [6, 6.07) is 6.33. The fraction of sp³-hybridized carbons (Fsp3) is 0.333. The third-order valence-electron chi connectivity index (χ3n) is 2.65. The summed E-state index contributed by atoms with van der Waals surface area (Å²) in [5.41, 5.74) is 4.87. The molecule has 1 aromatic carbocycles. The zero-order valence-electron chi connectivity index (χ0n) is 10.4. The number of hydrogen-bond donors (Lipinski definition) is 1. The topological polar surface area (TPSA) is 0 Å². The zero-order chi connectivity index (χ0) is 12.1. The highest BCUT2D eigenvalue weighted by atomic mass is 32.1.